The van der Waals surface area contributed by atoms with Crippen LogP contribution in [0.25, 0.3) is 0 Å². The number of amides is 1. The molecule has 108 valence electrons. The lowest BCUT2D eigenvalue weighted by Gasteiger charge is -2.21. The van der Waals surface area contributed by atoms with Crippen LogP contribution >= 0.6 is 11.6 Å². The topological polar surface area (TPSA) is 41.1 Å². The van der Waals surface area contributed by atoms with Gasteiger partial charge in [0.2, 0.25) is 5.91 Å². The lowest BCUT2D eigenvalue weighted by atomic mass is 9.93. The highest BCUT2D eigenvalue weighted by atomic mass is 35.5. The zero-order valence-corrected chi connectivity index (χ0v) is 12.5. The molecular formula is C16H21ClN2O. The van der Waals surface area contributed by atoms with E-state index in [-0.39, 0.29) is 18.0 Å². The fourth-order valence-electron chi connectivity index (χ4n) is 3.61. The summed E-state index contributed by atoms with van der Waals surface area (Å²) in [6.07, 6.45) is 3.73. The van der Waals surface area contributed by atoms with Crippen molar-refractivity contribution in [3.8, 4) is 0 Å². The molecule has 20 heavy (non-hydrogen) atoms. The van der Waals surface area contributed by atoms with Gasteiger partial charge in [-0.25, -0.2) is 0 Å². The van der Waals surface area contributed by atoms with Crippen LogP contribution in [-0.2, 0) is 4.79 Å². The number of benzene rings is 1. The number of hydrogen-bond donors (Lipinski definition) is 2. The highest BCUT2D eigenvalue weighted by Gasteiger charge is 2.42. The molecule has 0 aromatic heterocycles. The first-order chi connectivity index (χ1) is 9.65. The zero-order valence-electron chi connectivity index (χ0n) is 11.7. The molecule has 1 aliphatic carbocycles. The van der Waals surface area contributed by atoms with Crippen LogP contribution in [-0.4, -0.2) is 18.5 Å². The van der Waals surface area contributed by atoms with Crippen LogP contribution in [0.1, 0.15) is 37.8 Å². The van der Waals surface area contributed by atoms with Crippen LogP contribution in [0.3, 0.4) is 0 Å². The van der Waals surface area contributed by atoms with Crippen molar-refractivity contribution in [3.05, 3.63) is 34.9 Å². The molecule has 3 nitrogen and oxygen atoms in total. The Morgan fingerprint density at radius 2 is 2.10 bits per heavy atom. The third-order valence-corrected chi connectivity index (χ3v) is 5.01. The predicted octanol–water partition coefficient (Wildman–Crippen LogP) is 2.91. The third-order valence-electron chi connectivity index (χ3n) is 4.76. The molecule has 1 aromatic carbocycles. The Morgan fingerprint density at radius 3 is 2.85 bits per heavy atom. The number of halogens is 1. The van der Waals surface area contributed by atoms with E-state index >= 15 is 0 Å². The number of carbonyl (C=O) groups is 1. The summed E-state index contributed by atoms with van der Waals surface area (Å²) in [6.45, 7) is 3.01. The Morgan fingerprint density at radius 1 is 1.35 bits per heavy atom. The predicted molar refractivity (Wildman–Crippen MR) is 80.6 cm³/mol. The second-order valence-corrected chi connectivity index (χ2v) is 6.46. The van der Waals surface area contributed by atoms with Gasteiger partial charge in [0.05, 0.1) is 12.1 Å². The third kappa shape index (κ3) is 2.70. The van der Waals surface area contributed by atoms with Gasteiger partial charge in [-0.1, -0.05) is 30.2 Å². The summed E-state index contributed by atoms with van der Waals surface area (Å²) in [6, 6.07) is 7.67. The molecule has 3 unspecified atom stereocenters. The summed E-state index contributed by atoms with van der Waals surface area (Å²) in [4.78, 5) is 12.4. The van der Waals surface area contributed by atoms with Crippen molar-refractivity contribution in [2.45, 2.75) is 38.3 Å². The fourth-order valence-corrected chi connectivity index (χ4v) is 3.74. The summed E-state index contributed by atoms with van der Waals surface area (Å²) in [5.74, 6) is 1.38. The lowest BCUT2D eigenvalue weighted by Crippen LogP contribution is -2.44. The van der Waals surface area contributed by atoms with E-state index in [1.54, 1.807) is 0 Å². The summed E-state index contributed by atoms with van der Waals surface area (Å²) in [5.41, 5.74) is 1.09. The standard InChI is InChI=1S/C16H21ClN2O/c1-10(11-5-7-13(17)8-6-11)19-16(20)15-14-4-2-3-12(14)9-18-15/h5-8,10,12,14-15,18H,2-4,9H2,1H3,(H,19,20)/t10-,12?,14?,15?/m1/s1. The molecule has 4 atom stereocenters. The van der Waals surface area contributed by atoms with Crippen LogP contribution < -0.4 is 10.6 Å². The molecule has 2 N–H and O–H groups in total. The van der Waals surface area contributed by atoms with Crippen LogP contribution in [0.5, 0.6) is 0 Å². The Balaban J connectivity index is 1.62. The monoisotopic (exact) mass is 292 g/mol. The van der Waals surface area contributed by atoms with Crippen LogP contribution in [0.4, 0.5) is 0 Å². The van der Waals surface area contributed by atoms with E-state index < -0.39 is 0 Å². The van der Waals surface area contributed by atoms with Gasteiger partial charge in [-0.2, -0.15) is 0 Å². The van der Waals surface area contributed by atoms with Gasteiger partial charge in [-0.3, -0.25) is 4.79 Å². The Kier molecular flexibility index (Phi) is 3.99. The van der Waals surface area contributed by atoms with Gasteiger partial charge < -0.3 is 10.6 Å². The van der Waals surface area contributed by atoms with Gasteiger partial charge in [0.15, 0.2) is 0 Å². The van der Waals surface area contributed by atoms with Crippen molar-refractivity contribution in [1.82, 2.24) is 10.6 Å². The highest BCUT2D eigenvalue weighted by Crippen LogP contribution is 2.37. The average molecular weight is 293 g/mol. The van der Waals surface area contributed by atoms with E-state index in [2.05, 4.69) is 10.6 Å². The maximum absolute atomic E-state index is 12.4. The highest BCUT2D eigenvalue weighted by molar-refractivity contribution is 6.30. The molecule has 0 radical (unpaired) electrons. The smallest absolute Gasteiger partial charge is 0.237 e. The molecule has 3 rings (SSSR count). The molecular weight excluding hydrogens is 272 g/mol. The van der Waals surface area contributed by atoms with Gasteiger partial charge in [0.1, 0.15) is 0 Å². The average Bonchev–Trinajstić information content (AvgIpc) is 3.01. The molecule has 1 aliphatic heterocycles. The maximum Gasteiger partial charge on any atom is 0.237 e. The van der Waals surface area contributed by atoms with Crippen LogP contribution in [0.2, 0.25) is 5.02 Å². The molecule has 0 bridgehead atoms. The van der Waals surface area contributed by atoms with Crippen molar-refractivity contribution in [1.29, 1.82) is 0 Å². The molecule has 1 saturated carbocycles. The summed E-state index contributed by atoms with van der Waals surface area (Å²) in [7, 11) is 0. The van der Waals surface area contributed by atoms with E-state index in [0.717, 1.165) is 17.1 Å². The Hall–Kier alpha value is -1.06. The van der Waals surface area contributed by atoms with E-state index in [1.165, 1.54) is 19.3 Å². The summed E-state index contributed by atoms with van der Waals surface area (Å²) < 4.78 is 0. The van der Waals surface area contributed by atoms with E-state index in [4.69, 9.17) is 11.6 Å². The minimum absolute atomic E-state index is 0.00255. The first kappa shape index (κ1) is 13.9. The number of carbonyl (C=O) groups excluding carboxylic acids is 1. The summed E-state index contributed by atoms with van der Waals surface area (Å²) >= 11 is 5.89. The van der Waals surface area contributed by atoms with Gasteiger partial charge >= 0.3 is 0 Å². The molecule has 2 fully saturated rings. The van der Waals surface area contributed by atoms with Crippen molar-refractivity contribution in [2.24, 2.45) is 11.8 Å². The number of hydrogen-bond acceptors (Lipinski definition) is 2. The molecule has 4 heteroatoms. The molecule has 1 saturated heterocycles. The lowest BCUT2D eigenvalue weighted by molar-refractivity contribution is -0.124. The SMILES string of the molecule is C[C@@H](NC(=O)C1NCC2CCCC21)c1ccc(Cl)cc1. The summed E-state index contributed by atoms with van der Waals surface area (Å²) in [5, 5.41) is 7.24. The van der Waals surface area contributed by atoms with Crippen LogP contribution in [0, 0.1) is 11.8 Å². The van der Waals surface area contributed by atoms with Crippen LogP contribution in [0.15, 0.2) is 24.3 Å². The first-order valence-corrected chi connectivity index (χ1v) is 7.82. The van der Waals surface area contributed by atoms with E-state index in [1.807, 2.05) is 31.2 Å². The molecule has 1 heterocycles. The fraction of sp³-hybridized carbons (Fsp3) is 0.562. The quantitative estimate of drug-likeness (QED) is 0.899. The second kappa shape index (κ2) is 5.74. The minimum atomic E-state index is -0.00255. The second-order valence-electron chi connectivity index (χ2n) is 6.02. The van der Waals surface area contributed by atoms with Crippen molar-refractivity contribution < 1.29 is 4.79 Å². The Labute approximate surface area is 125 Å². The van der Waals surface area contributed by atoms with Crippen molar-refractivity contribution in [2.75, 3.05) is 6.54 Å². The van der Waals surface area contributed by atoms with Crippen molar-refractivity contribution in [3.63, 3.8) is 0 Å². The molecule has 1 aromatic rings. The van der Waals surface area contributed by atoms with Gasteiger partial charge in [-0.15, -0.1) is 0 Å². The zero-order chi connectivity index (χ0) is 14.1. The van der Waals surface area contributed by atoms with Gasteiger partial charge in [0.25, 0.3) is 0 Å². The van der Waals surface area contributed by atoms with Crippen molar-refractivity contribution >= 4 is 17.5 Å². The number of rotatable bonds is 3. The number of nitrogens with one attached hydrogen (secondary N) is 2. The van der Waals surface area contributed by atoms with Gasteiger partial charge in [0, 0.05) is 5.02 Å². The van der Waals surface area contributed by atoms with E-state index in [0.29, 0.717) is 11.8 Å². The molecule has 2 aliphatic rings. The van der Waals surface area contributed by atoms with E-state index in [9.17, 15) is 4.79 Å². The normalized spacial score (nSPS) is 30.0. The molecule has 0 spiro atoms. The minimum Gasteiger partial charge on any atom is -0.348 e. The number of fused-ring (bicyclic) bond motifs is 1. The Bertz CT molecular complexity index is 488. The maximum atomic E-state index is 12.4. The largest absolute Gasteiger partial charge is 0.348 e. The van der Waals surface area contributed by atoms with Gasteiger partial charge in [-0.05, 0) is 55.8 Å². The molecule has 1 amide bonds. The first-order valence-electron chi connectivity index (χ1n) is 7.44.